The first-order valence-corrected chi connectivity index (χ1v) is 24.9. The zero-order chi connectivity index (χ0) is 50.7. The van der Waals surface area contributed by atoms with Crippen LogP contribution in [0.2, 0.25) is 0 Å². The molecule has 18 heteroatoms. The highest BCUT2D eigenvalue weighted by atomic mass is 16.7. The second-order valence-corrected chi connectivity index (χ2v) is 21.1. The molecule has 0 radical (unpaired) electrons. The van der Waals surface area contributed by atoms with E-state index < -0.39 is 108 Å². The number of pyridine rings is 1. The summed E-state index contributed by atoms with van der Waals surface area (Å²) in [5.41, 5.74) is -2.01. The van der Waals surface area contributed by atoms with Crippen LogP contribution >= 0.6 is 0 Å². The summed E-state index contributed by atoms with van der Waals surface area (Å²) in [5, 5.41) is 23.0. The van der Waals surface area contributed by atoms with Crippen molar-refractivity contribution >= 4 is 17.8 Å². The normalized spacial score (nSPS) is 40.6. The molecule has 4 aliphatic heterocycles. The van der Waals surface area contributed by atoms with Gasteiger partial charge in [0.15, 0.2) is 18.2 Å². The number of carbonyl (C=O) groups is 3. The van der Waals surface area contributed by atoms with Crippen molar-refractivity contribution in [2.45, 2.75) is 199 Å². The van der Waals surface area contributed by atoms with Gasteiger partial charge >= 0.3 is 12.1 Å². The third-order valence-electron chi connectivity index (χ3n) is 15.8. The second kappa shape index (κ2) is 22.4. The standard InChI is InChI=1S/C51H81N5O13/c1-15-38-51(10)43(56(48(61)69-51)22-17-16-21-55-27-36(53-28-55)35-19-18-20-52-26-35)31(4)40(57)29(2)24-50(9,63-14)45(68-47-41(58)37(54(11)12)23-30(3)64-47)32(5)42(33(6)46(60)66-38)67-39-25-49(8,62-13)44(59)34(7)65-39/h18-20,26-34,37-39,41-45,47,58-59H,15-17,21-25H2,1-14H3/t29-,30-,31+,32+,33-,34+,37+,38-,39?,41-,42?,43-,44+,45-,47+,49?,50-,51-/m1/s1. The molecule has 0 aliphatic carbocycles. The topological polar surface area (TPSA) is 203 Å². The molecule has 4 fully saturated rings. The van der Waals surface area contributed by atoms with Crippen molar-refractivity contribution in [3.8, 4) is 11.3 Å². The van der Waals surface area contributed by atoms with Gasteiger partial charge in [-0.2, -0.15) is 0 Å². The number of ether oxygens (including phenoxy) is 8. The van der Waals surface area contributed by atoms with E-state index in [2.05, 4.69) is 9.97 Å². The van der Waals surface area contributed by atoms with Crippen molar-refractivity contribution in [3.63, 3.8) is 0 Å². The Balaban J connectivity index is 1.36. The van der Waals surface area contributed by atoms with E-state index in [9.17, 15) is 19.8 Å². The number of Topliss-reactive ketones (excluding diaryl/α,β-unsaturated/α-hetero) is 1. The lowest BCUT2D eigenvalue weighted by atomic mass is 9.73. The van der Waals surface area contributed by atoms with Gasteiger partial charge in [-0.1, -0.05) is 27.7 Å². The molecule has 3 unspecified atom stereocenters. The summed E-state index contributed by atoms with van der Waals surface area (Å²) in [6.07, 6.45) is 1.02. The van der Waals surface area contributed by atoms with Crippen molar-refractivity contribution < 1.29 is 62.5 Å². The summed E-state index contributed by atoms with van der Waals surface area (Å²) in [6.45, 7) is 19.1. The lowest BCUT2D eigenvalue weighted by Crippen LogP contribution is -2.61. The number of methoxy groups -OCH3 is 2. The van der Waals surface area contributed by atoms with Gasteiger partial charge in [0.2, 0.25) is 0 Å². The van der Waals surface area contributed by atoms with E-state index in [1.165, 1.54) is 7.11 Å². The van der Waals surface area contributed by atoms with Gasteiger partial charge in [0.25, 0.3) is 0 Å². The number of esters is 1. The summed E-state index contributed by atoms with van der Waals surface area (Å²) >= 11 is 0. The van der Waals surface area contributed by atoms with Gasteiger partial charge in [-0.3, -0.25) is 14.6 Å². The highest BCUT2D eigenvalue weighted by molar-refractivity contribution is 5.85. The first kappa shape index (κ1) is 54.7. The number of rotatable bonds is 14. The van der Waals surface area contributed by atoms with Crippen LogP contribution in [0, 0.1) is 23.7 Å². The summed E-state index contributed by atoms with van der Waals surface area (Å²) in [6, 6.07) is 2.72. The monoisotopic (exact) mass is 972 g/mol. The molecule has 2 aromatic rings. The zero-order valence-corrected chi connectivity index (χ0v) is 43.4. The molecular weight excluding hydrogens is 891 g/mol. The van der Waals surface area contributed by atoms with Crippen LogP contribution in [0.5, 0.6) is 0 Å². The number of likely N-dealkylation sites (N-methyl/N-ethyl adjacent to an activating group) is 1. The van der Waals surface area contributed by atoms with Crippen molar-refractivity contribution in [1.82, 2.24) is 24.3 Å². The fourth-order valence-electron chi connectivity index (χ4n) is 11.6. The molecule has 18 atom stereocenters. The Morgan fingerprint density at radius 3 is 2.25 bits per heavy atom. The van der Waals surface area contributed by atoms with Gasteiger partial charge in [0.1, 0.15) is 24.1 Å². The molecule has 388 valence electrons. The third kappa shape index (κ3) is 11.5. The lowest BCUT2D eigenvalue weighted by Gasteiger charge is -2.50. The minimum Gasteiger partial charge on any atom is -0.458 e. The minimum absolute atomic E-state index is 0.126. The molecule has 4 aliphatic rings. The van der Waals surface area contributed by atoms with Crippen LogP contribution in [0.3, 0.4) is 0 Å². The van der Waals surface area contributed by atoms with Crippen LogP contribution < -0.4 is 0 Å². The molecule has 18 nitrogen and oxygen atoms in total. The number of aliphatic hydroxyl groups excluding tert-OH is 2. The van der Waals surface area contributed by atoms with Crippen molar-refractivity contribution in [1.29, 1.82) is 0 Å². The van der Waals surface area contributed by atoms with Crippen molar-refractivity contribution in [2.24, 2.45) is 23.7 Å². The fraction of sp³-hybridized carbons (Fsp3) is 0.784. The van der Waals surface area contributed by atoms with E-state index in [4.69, 9.17) is 37.9 Å². The highest BCUT2D eigenvalue weighted by Crippen LogP contribution is 2.45. The number of aryl methyl sites for hydroxylation is 1. The number of fused-ring (bicyclic) bond motifs is 1. The third-order valence-corrected chi connectivity index (χ3v) is 15.8. The number of imidazole rings is 1. The molecule has 0 aromatic carbocycles. The number of amides is 1. The number of nitrogens with zero attached hydrogens (tertiary/aromatic N) is 5. The molecule has 0 bridgehead atoms. The Bertz CT molecular complexity index is 2030. The van der Waals surface area contributed by atoms with Crippen LogP contribution in [0.25, 0.3) is 11.3 Å². The smallest absolute Gasteiger partial charge is 0.410 e. The Kier molecular flexibility index (Phi) is 17.8. The summed E-state index contributed by atoms with van der Waals surface area (Å²) < 4.78 is 53.7. The number of unbranched alkanes of at least 4 members (excludes halogenated alkanes) is 1. The van der Waals surface area contributed by atoms with Crippen LogP contribution in [0.1, 0.15) is 108 Å². The Labute approximate surface area is 409 Å². The van der Waals surface area contributed by atoms with Gasteiger partial charge in [-0.15, -0.1) is 0 Å². The van der Waals surface area contributed by atoms with Gasteiger partial charge in [0, 0.05) is 81.7 Å². The van der Waals surface area contributed by atoms with Crippen LogP contribution in [0.15, 0.2) is 37.1 Å². The van der Waals surface area contributed by atoms with Crippen LogP contribution in [-0.2, 0) is 54.0 Å². The van der Waals surface area contributed by atoms with E-state index in [1.807, 2.05) is 83.4 Å². The largest absolute Gasteiger partial charge is 0.458 e. The minimum atomic E-state index is -1.42. The first-order valence-electron chi connectivity index (χ1n) is 24.9. The van der Waals surface area contributed by atoms with E-state index in [0.717, 1.165) is 11.3 Å². The summed E-state index contributed by atoms with van der Waals surface area (Å²) in [5.74, 6) is -3.91. The van der Waals surface area contributed by atoms with Crippen LogP contribution in [-0.4, -0.2) is 171 Å². The SMILES string of the molecule is CC[C@H]1OC(=O)[C@H](C)C(OC2CC(C)(OC)[C@@H](O)[C@H](C)O2)[C@H](C)[C@@H](O[C@@H]2O[C@H](C)C[C@H](N(C)C)[C@H]2O)[C@](C)(OC)C[C@@H](C)C(=O)[C@H](C)[C@H]2N(CCCCn3cnc(-c4cccnc4)c3)C(=O)O[C@]12C. The highest BCUT2D eigenvalue weighted by Gasteiger charge is 2.61. The maximum Gasteiger partial charge on any atom is 0.410 e. The predicted molar refractivity (Wildman–Crippen MR) is 254 cm³/mol. The maximum atomic E-state index is 15.1. The number of hydrogen-bond acceptors (Lipinski definition) is 16. The van der Waals surface area contributed by atoms with Crippen molar-refractivity contribution in [2.75, 3.05) is 34.9 Å². The van der Waals surface area contributed by atoms with E-state index >= 15 is 4.79 Å². The lowest BCUT2D eigenvalue weighted by molar-refractivity contribution is -0.319. The molecule has 6 heterocycles. The Hall–Kier alpha value is -3.59. The van der Waals surface area contributed by atoms with Gasteiger partial charge in [-0.25, -0.2) is 9.78 Å². The molecular formula is C51H81N5O13. The van der Waals surface area contributed by atoms with Gasteiger partial charge in [-0.05, 0) is 99.9 Å². The number of ketones is 1. The van der Waals surface area contributed by atoms with Gasteiger partial charge < -0.3 is 62.5 Å². The predicted octanol–water partition coefficient (Wildman–Crippen LogP) is 5.65. The second-order valence-electron chi connectivity index (χ2n) is 21.1. The van der Waals surface area contributed by atoms with E-state index in [1.54, 1.807) is 58.4 Å². The molecule has 0 saturated carbocycles. The van der Waals surface area contributed by atoms with Crippen molar-refractivity contribution in [3.05, 3.63) is 37.1 Å². The van der Waals surface area contributed by atoms with Crippen LogP contribution in [0.4, 0.5) is 4.79 Å². The Morgan fingerprint density at radius 1 is 0.913 bits per heavy atom. The Morgan fingerprint density at radius 2 is 1.61 bits per heavy atom. The van der Waals surface area contributed by atoms with E-state index in [-0.39, 0.29) is 37.2 Å². The summed E-state index contributed by atoms with van der Waals surface area (Å²) in [4.78, 5) is 56.6. The molecule has 0 spiro atoms. The zero-order valence-electron chi connectivity index (χ0n) is 43.4. The molecule has 69 heavy (non-hydrogen) atoms. The number of hydrogen-bond donors (Lipinski definition) is 2. The average Bonchev–Trinajstić information content (AvgIpc) is 3.90. The quantitative estimate of drug-likeness (QED) is 0.174. The molecule has 2 N–H and O–H groups in total. The number of cyclic esters (lactones) is 1. The molecule has 2 aromatic heterocycles. The average molecular weight is 972 g/mol. The number of carbonyl (C=O) groups excluding carboxylic acids is 3. The fourth-order valence-corrected chi connectivity index (χ4v) is 11.6. The van der Waals surface area contributed by atoms with Gasteiger partial charge in [0.05, 0.1) is 59.6 Å². The molecule has 4 saturated heterocycles. The summed E-state index contributed by atoms with van der Waals surface area (Å²) in [7, 11) is 6.87. The number of aromatic nitrogens is 3. The van der Waals surface area contributed by atoms with E-state index in [0.29, 0.717) is 32.4 Å². The first-order chi connectivity index (χ1) is 32.5. The molecule has 6 rings (SSSR count). The maximum absolute atomic E-state index is 15.1. The number of aliphatic hydroxyl groups is 2. The molecule has 1 amide bonds.